The van der Waals surface area contributed by atoms with Crippen LogP contribution in [0.25, 0.3) is 0 Å². The molecule has 1 nitrogen and oxygen atoms in total. The monoisotopic (exact) mass is 167 g/mol. The average Bonchev–Trinajstić information content (AvgIpc) is 2.05. The molecule has 1 aromatic carbocycles. The standard InChI is InChI=1S/C9H13NS/c1-7(10)8-4-3-5-9(6-8)11-2/h3-7H,10H2,1-2H3. The van der Waals surface area contributed by atoms with E-state index in [1.165, 1.54) is 10.5 Å². The van der Waals surface area contributed by atoms with E-state index in [-0.39, 0.29) is 6.04 Å². The molecule has 0 heterocycles. The minimum Gasteiger partial charge on any atom is -0.324 e. The van der Waals surface area contributed by atoms with Crippen LogP contribution in [0.15, 0.2) is 29.2 Å². The maximum absolute atomic E-state index is 5.73. The van der Waals surface area contributed by atoms with Crippen molar-refractivity contribution in [2.45, 2.75) is 17.9 Å². The van der Waals surface area contributed by atoms with E-state index >= 15 is 0 Å². The molecule has 0 radical (unpaired) electrons. The lowest BCUT2D eigenvalue weighted by Gasteiger charge is -2.05. The summed E-state index contributed by atoms with van der Waals surface area (Å²) < 4.78 is 0. The Hall–Kier alpha value is -0.470. The summed E-state index contributed by atoms with van der Waals surface area (Å²) in [5.74, 6) is 0. The lowest BCUT2D eigenvalue weighted by atomic mass is 10.1. The van der Waals surface area contributed by atoms with Crippen molar-refractivity contribution in [1.29, 1.82) is 0 Å². The lowest BCUT2D eigenvalue weighted by Crippen LogP contribution is -2.04. The first-order valence-electron chi connectivity index (χ1n) is 3.63. The van der Waals surface area contributed by atoms with Crippen LogP contribution in [0.4, 0.5) is 0 Å². The summed E-state index contributed by atoms with van der Waals surface area (Å²) in [6.07, 6.45) is 2.07. The molecule has 0 aliphatic carbocycles. The average molecular weight is 167 g/mol. The summed E-state index contributed by atoms with van der Waals surface area (Å²) in [6, 6.07) is 8.47. The Labute approximate surface area is 72.0 Å². The van der Waals surface area contributed by atoms with Crippen molar-refractivity contribution in [3.63, 3.8) is 0 Å². The minimum absolute atomic E-state index is 0.141. The molecule has 0 aliphatic heterocycles. The summed E-state index contributed by atoms with van der Waals surface area (Å²) in [6.45, 7) is 2.00. The van der Waals surface area contributed by atoms with Gasteiger partial charge in [-0.1, -0.05) is 12.1 Å². The van der Waals surface area contributed by atoms with Crippen LogP contribution in [0.1, 0.15) is 18.5 Å². The zero-order valence-electron chi connectivity index (χ0n) is 6.87. The molecule has 1 aromatic rings. The van der Waals surface area contributed by atoms with Gasteiger partial charge in [0.2, 0.25) is 0 Å². The van der Waals surface area contributed by atoms with Crippen LogP contribution < -0.4 is 5.73 Å². The number of rotatable bonds is 2. The fraction of sp³-hybridized carbons (Fsp3) is 0.333. The largest absolute Gasteiger partial charge is 0.324 e. The third-order valence-corrected chi connectivity index (χ3v) is 2.34. The van der Waals surface area contributed by atoms with Gasteiger partial charge >= 0.3 is 0 Å². The Bertz CT molecular complexity index is 233. The number of nitrogens with two attached hydrogens (primary N) is 1. The van der Waals surface area contributed by atoms with E-state index in [1.54, 1.807) is 11.8 Å². The maximum Gasteiger partial charge on any atom is 0.0266 e. The van der Waals surface area contributed by atoms with Crippen LogP contribution >= 0.6 is 11.8 Å². The van der Waals surface area contributed by atoms with E-state index in [2.05, 4.69) is 24.5 Å². The second kappa shape index (κ2) is 3.79. The fourth-order valence-corrected chi connectivity index (χ4v) is 1.39. The van der Waals surface area contributed by atoms with Crippen molar-refractivity contribution >= 4 is 11.8 Å². The van der Waals surface area contributed by atoms with Gasteiger partial charge in [-0.3, -0.25) is 0 Å². The highest BCUT2D eigenvalue weighted by molar-refractivity contribution is 7.98. The molecule has 0 amide bonds. The first kappa shape index (κ1) is 8.62. The van der Waals surface area contributed by atoms with Crippen molar-refractivity contribution in [1.82, 2.24) is 0 Å². The van der Waals surface area contributed by atoms with Crippen LogP contribution in [0.5, 0.6) is 0 Å². The lowest BCUT2D eigenvalue weighted by molar-refractivity contribution is 0.815. The Kier molecular flexibility index (Phi) is 2.97. The van der Waals surface area contributed by atoms with E-state index in [9.17, 15) is 0 Å². The minimum atomic E-state index is 0.141. The number of hydrogen-bond acceptors (Lipinski definition) is 2. The molecule has 0 bridgehead atoms. The number of benzene rings is 1. The van der Waals surface area contributed by atoms with Gasteiger partial charge in [0, 0.05) is 10.9 Å². The molecule has 0 saturated carbocycles. The quantitative estimate of drug-likeness (QED) is 0.685. The maximum atomic E-state index is 5.73. The first-order valence-corrected chi connectivity index (χ1v) is 4.86. The highest BCUT2D eigenvalue weighted by Crippen LogP contribution is 2.18. The van der Waals surface area contributed by atoms with E-state index in [0.29, 0.717) is 0 Å². The number of hydrogen-bond donors (Lipinski definition) is 1. The van der Waals surface area contributed by atoms with Crippen LogP contribution in [-0.2, 0) is 0 Å². The van der Waals surface area contributed by atoms with Crippen LogP contribution in [-0.4, -0.2) is 6.26 Å². The molecule has 1 rings (SSSR count). The smallest absolute Gasteiger partial charge is 0.0266 e. The Morgan fingerprint density at radius 3 is 2.73 bits per heavy atom. The zero-order chi connectivity index (χ0) is 8.27. The molecule has 2 heteroatoms. The second-order valence-electron chi connectivity index (χ2n) is 2.57. The molecule has 0 aliphatic rings. The fourth-order valence-electron chi connectivity index (χ4n) is 0.925. The van der Waals surface area contributed by atoms with Gasteiger partial charge in [-0.15, -0.1) is 11.8 Å². The van der Waals surface area contributed by atoms with E-state index in [0.717, 1.165) is 0 Å². The topological polar surface area (TPSA) is 26.0 Å². The second-order valence-corrected chi connectivity index (χ2v) is 3.44. The van der Waals surface area contributed by atoms with Gasteiger partial charge in [0.25, 0.3) is 0 Å². The van der Waals surface area contributed by atoms with Gasteiger partial charge in [-0.25, -0.2) is 0 Å². The SMILES string of the molecule is CSc1cccc(C(C)N)c1. The predicted octanol–water partition coefficient (Wildman–Crippen LogP) is 2.43. The summed E-state index contributed by atoms with van der Waals surface area (Å²) in [5.41, 5.74) is 6.93. The van der Waals surface area contributed by atoms with Crippen LogP contribution in [0.3, 0.4) is 0 Å². The Morgan fingerprint density at radius 1 is 1.45 bits per heavy atom. The van der Waals surface area contributed by atoms with Crippen molar-refractivity contribution < 1.29 is 0 Å². The third-order valence-electron chi connectivity index (χ3n) is 1.62. The Balaban J connectivity index is 2.91. The van der Waals surface area contributed by atoms with Crippen molar-refractivity contribution in [3.05, 3.63) is 29.8 Å². The summed E-state index contributed by atoms with van der Waals surface area (Å²) in [7, 11) is 0. The summed E-state index contributed by atoms with van der Waals surface area (Å²) in [4.78, 5) is 1.28. The van der Waals surface area contributed by atoms with Gasteiger partial charge in [0.05, 0.1) is 0 Å². The first-order chi connectivity index (χ1) is 5.24. The molecule has 0 aromatic heterocycles. The Morgan fingerprint density at radius 2 is 2.18 bits per heavy atom. The predicted molar refractivity (Wildman–Crippen MR) is 50.8 cm³/mol. The molecule has 0 fully saturated rings. The zero-order valence-corrected chi connectivity index (χ0v) is 7.69. The highest BCUT2D eigenvalue weighted by Gasteiger charge is 1.98. The van der Waals surface area contributed by atoms with E-state index in [4.69, 9.17) is 5.73 Å². The van der Waals surface area contributed by atoms with Crippen LogP contribution in [0.2, 0.25) is 0 Å². The highest BCUT2D eigenvalue weighted by atomic mass is 32.2. The van der Waals surface area contributed by atoms with Crippen LogP contribution in [0, 0.1) is 0 Å². The molecular formula is C9H13NS. The molecule has 0 spiro atoms. The van der Waals surface area contributed by atoms with E-state index in [1.807, 2.05) is 13.0 Å². The molecule has 0 saturated heterocycles. The molecule has 1 unspecified atom stereocenters. The van der Waals surface area contributed by atoms with Crippen molar-refractivity contribution in [3.8, 4) is 0 Å². The van der Waals surface area contributed by atoms with Crippen molar-refractivity contribution in [2.75, 3.05) is 6.26 Å². The van der Waals surface area contributed by atoms with Gasteiger partial charge in [-0.2, -0.15) is 0 Å². The number of thioether (sulfide) groups is 1. The van der Waals surface area contributed by atoms with Gasteiger partial charge in [0.1, 0.15) is 0 Å². The summed E-state index contributed by atoms with van der Waals surface area (Å²) in [5, 5.41) is 0. The van der Waals surface area contributed by atoms with E-state index < -0.39 is 0 Å². The van der Waals surface area contributed by atoms with Gasteiger partial charge in [-0.05, 0) is 30.9 Å². The molecule has 1 atom stereocenters. The summed E-state index contributed by atoms with van der Waals surface area (Å²) >= 11 is 1.74. The normalized spacial score (nSPS) is 13.0. The molecular weight excluding hydrogens is 154 g/mol. The van der Waals surface area contributed by atoms with Crippen molar-refractivity contribution in [2.24, 2.45) is 5.73 Å². The molecule has 11 heavy (non-hydrogen) atoms. The van der Waals surface area contributed by atoms with Gasteiger partial charge < -0.3 is 5.73 Å². The van der Waals surface area contributed by atoms with Gasteiger partial charge in [0.15, 0.2) is 0 Å². The third kappa shape index (κ3) is 2.24. The molecule has 60 valence electrons. The molecule has 2 N–H and O–H groups in total.